The predicted molar refractivity (Wildman–Crippen MR) is 35.3 cm³/mol. The quantitative estimate of drug-likeness (QED) is 0.534. The van der Waals surface area contributed by atoms with Gasteiger partial charge in [-0.2, -0.15) is 0 Å². The lowest BCUT2D eigenvalue weighted by atomic mass is 9.94. The van der Waals surface area contributed by atoms with Crippen LogP contribution in [0, 0.1) is 11.8 Å². The fourth-order valence-corrected chi connectivity index (χ4v) is 1.16. The molecule has 1 heterocycles. The summed E-state index contributed by atoms with van der Waals surface area (Å²) < 4.78 is 4.88. The summed E-state index contributed by atoms with van der Waals surface area (Å²) in [5, 5.41) is 8.72. The molecule has 0 spiro atoms. The van der Waals surface area contributed by atoms with E-state index in [-0.39, 0.29) is 30.5 Å². The third kappa shape index (κ3) is 1.01. The second-order valence-corrected chi connectivity index (χ2v) is 2.79. The van der Waals surface area contributed by atoms with Crippen LogP contribution in [-0.2, 0) is 9.53 Å². The Morgan fingerprint density at radius 3 is 2.40 bits per heavy atom. The molecule has 1 saturated heterocycles. The van der Waals surface area contributed by atoms with E-state index in [1.165, 1.54) is 0 Å². The summed E-state index contributed by atoms with van der Waals surface area (Å²) in [7, 11) is 0. The molecule has 3 heteroatoms. The Morgan fingerprint density at radius 2 is 2.20 bits per heavy atom. The van der Waals surface area contributed by atoms with Crippen molar-refractivity contribution in [1.29, 1.82) is 0 Å². The molecular weight excluding hydrogens is 132 g/mol. The number of cyclic esters (lactones) is 1. The minimum atomic E-state index is -0.296. The van der Waals surface area contributed by atoms with Gasteiger partial charge < -0.3 is 9.84 Å². The first kappa shape index (κ1) is 7.54. The monoisotopic (exact) mass is 144 g/mol. The highest BCUT2D eigenvalue weighted by Gasteiger charge is 2.38. The van der Waals surface area contributed by atoms with Gasteiger partial charge in [0.25, 0.3) is 0 Å². The highest BCUT2D eigenvalue weighted by Crippen LogP contribution is 2.26. The van der Waals surface area contributed by atoms with E-state index in [4.69, 9.17) is 9.84 Å². The van der Waals surface area contributed by atoms with Gasteiger partial charge in [-0.3, -0.25) is 4.79 Å². The molecule has 0 aromatic heterocycles. The number of ether oxygens (including phenoxy) is 1. The average molecular weight is 144 g/mol. The fourth-order valence-electron chi connectivity index (χ4n) is 1.16. The van der Waals surface area contributed by atoms with Crippen molar-refractivity contribution in [3.8, 4) is 0 Å². The smallest absolute Gasteiger partial charge is 0.311 e. The second kappa shape index (κ2) is 2.58. The summed E-state index contributed by atoms with van der Waals surface area (Å²) in [5.41, 5.74) is 0. The number of hydrogen-bond donors (Lipinski definition) is 1. The van der Waals surface area contributed by atoms with Crippen molar-refractivity contribution in [2.75, 3.05) is 6.61 Å². The van der Waals surface area contributed by atoms with E-state index in [0.29, 0.717) is 0 Å². The molecule has 0 amide bonds. The van der Waals surface area contributed by atoms with Gasteiger partial charge in [0.2, 0.25) is 0 Å². The van der Waals surface area contributed by atoms with E-state index in [0.717, 1.165) is 0 Å². The SMILES string of the molecule is C[C@H]1[C@@H](C)OC(=O)[C@@H]1CO. The number of carbonyl (C=O) groups excluding carboxylic acids is 1. The van der Waals surface area contributed by atoms with Gasteiger partial charge in [0.15, 0.2) is 0 Å². The van der Waals surface area contributed by atoms with Crippen molar-refractivity contribution in [3.05, 3.63) is 0 Å². The molecule has 3 atom stereocenters. The lowest BCUT2D eigenvalue weighted by molar-refractivity contribution is -0.144. The number of aliphatic hydroxyl groups is 1. The first-order chi connectivity index (χ1) is 4.66. The normalized spacial score (nSPS) is 39.9. The summed E-state index contributed by atoms with van der Waals surface area (Å²) in [6, 6.07) is 0. The number of rotatable bonds is 1. The molecule has 0 aromatic rings. The Balaban J connectivity index is 2.64. The van der Waals surface area contributed by atoms with Crippen molar-refractivity contribution >= 4 is 5.97 Å². The highest BCUT2D eigenvalue weighted by atomic mass is 16.6. The molecule has 0 bridgehead atoms. The number of hydrogen-bond acceptors (Lipinski definition) is 3. The summed E-state index contributed by atoms with van der Waals surface area (Å²) in [6.07, 6.45) is -0.0374. The molecule has 1 fully saturated rings. The maximum absolute atomic E-state index is 10.8. The van der Waals surface area contributed by atoms with E-state index in [1.54, 1.807) is 0 Å². The Bertz CT molecular complexity index is 144. The summed E-state index contributed by atoms with van der Waals surface area (Å²) in [4.78, 5) is 10.8. The third-order valence-electron chi connectivity index (χ3n) is 2.18. The number of esters is 1. The highest BCUT2D eigenvalue weighted by molar-refractivity contribution is 5.75. The third-order valence-corrected chi connectivity index (χ3v) is 2.18. The van der Waals surface area contributed by atoms with Crippen LogP contribution in [0.25, 0.3) is 0 Å². The Morgan fingerprint density at radius 1 is 1.60 bits per heavy atom. The van der Waals surface area contributed by atoms with Crippen LogP contribution in [0.2, 0.25) is 0 Å². The molecule has 1 rings (SSSR count). The van der Waals surface area contributed by atoms with Gasteiger partial charge in [-0.15, -0.1) is 0 Å². The molecule has 0 saturated carbocycles. The van der Waals surface area contributed by atoms with E-state index in [9.17, 15) is 4.79 Å². The largest absolute Gasteiger partial charge is 0.462 e. The molecule has 0 aromatic carbocycles. The zero-order chi connectivity index (χ0) is 7.72. The molecule has 0 radical (unpaired) electrons. The van der Waals surface area contributed by atoms with Crippen LogP contribution in [0.15, 0.2) is 0 Å². The molecule has 1 aliphatic heterocycles. The first-order valence-corrected chi connectivity index (χ1v) is 3.48. The van der Waals surface area contributed by atoms with Gasteiger partial charge in [-0.1, -0.05) is 6.92 Å². The molecule has 0 unspecified atom stereocenters. The summed E-state index contributed by atoms with van der Waals surface area (Å²) in [5.74, 6) is -0.407. The number of carbonyl (C=O) groups is 1. The number of aliphatic hydroxyl groups excluding tert-OH is 1. The summed E-state index contributed by atoms with van der Waals surface area (Å²) in [6.45, 7) is 3.67. The second-order valence-electron chi connectivity index (χ2n) is 2.79. The Hall–Kier alpha value is -0.570. The van der Waals surface area contributed by atoms with Crippen molar-refractivity contribution in [1.82, 2.24) is 0 Å². The van der Waals surface area contributed by atoms with Gasteiger partial charge in [0.05, 0.1) is 12.5 Å². The molecular formula is C7H12O3. The van der Waals surface area contributed by atoms with Crippen LogP contribution >= 0.6 is 0 Å². The Labute approximate surface area is 60.0 Å². The van der Waals surface area contributed by atoms with E-state index in [1.807, 2.05) is 13.8 Å². The molecule has 1 aliphatic rings. The van der Waals surface area contributed by atoms with Crippen LogP contribution < -0.4 is 0 Å². The van der Waals surface area contributed by atoms with Gasteiger partial charge in [-0.05, 0) is 6.92 Å². The van der Waals surface area contributed by atoms with Gasteiger partial charge in [-0.25, -0.2) is 0 Å². The average Bonchev–Trinajstić information content (AvgIpc) is 2.09. The predicted octanol–water partition coefficient (Wildman–Crippen LogP) is 0.176. The van der Waals surface area contributed by atoms with E-state index < -0.39 is 0 Å². The zero-order valence-corrected chi connectivity index (χ0v) is 6.20. The maximum atomic E-state index is 10.8. The Kier molecular flexibility index (Phi) is 1.94. The zero-order valence-electron chi connectivity index (χ0n) is 6.20. The van der Waals surface area contributed by atoms with Crippen LogP contribution in [0.1, 0.15) is 13.8 Å². The van der Waals surface area contributed by atoms with Crippen LogP contribution in [0.3, 0.4) is 0 Å². The molecule has 58 valence electrons. The van der Waals surface area contributed by atoms with E-state index >= 15 is 0 Å². The van der Waals surface area contributed by atoms with E-state index in [2.05, 4.69) is 0 Å². The molecule has 1 N–H and O–H groups in total. The van der Waals surface area contributed by atoms with Gasteiger partial charge in [0.1, 0.15) is 6.10 Å². The fraction of sp³-hybridized carbons (Fsp3) is 0.857. The van der Waals surface area contributed by atoms with Gasteiger partial charge >= 0.3 is 5.97 Å². The standard InChI is InChI=1S/C7H12O3/c1-4-5(2)10-7(9)6(4)3-8/h4-6,8H,3H2,1-2H3/t4-,5+,6+/m0/s1. The lowest BCUT2D eigenvalue weighted by Crippen LogP contribution is -2.19. The van der Waals surface area contributed by atoms with Crippen molar-refractivity contribution in [3.63, 3.8) is 0 Å². The topological polar surface area (TPSA) is 46.5 Å². The van der Waals surface area contributed by atoms with Crippen molar-refractivity contribution in [2.45, 2.75) is 20.0 Å². The van der Waals surface area contributed by atoms with Crippen LogP contribution in [0.5, 0.6) is 0 Å². The van der Waals surface area contributed by atoms with Crippen LogP contribution in [0.4, 0.5) is 0 Å². The maximum Gasteiger partial charge on any atom is 0.311 e. The van der Waals surface area contributed by atoms with Crippen molar-refractivity contribution in [2.24, 2.45) is 11.8 Å². The van der Waals surface area contributed by atoms with Crippen LogP contribution in [-0.4, -0.2) is 23.8 Å². The molecule has 3 nitrogen and oxygen atoms in total. The van der Waals surface area contributed by atoms with Crippen molar-refractivity contribution < 1.29 is 14.6 Å². The lowest BCUT2D eigenvalue weighted by Gasteiger charge is -2.08. The first-order valence-electron chi connectivity index (χ1n) is 3.48. The molecule has 0 aliphatic carbocycles. The minimum absolute atomic E-state index is 0.0374. The van der Waals surface area contributed by atoms with Gasteiger partial charge in [0, 0.05) is 5.92 Å². The summed E-state index contributed by atoms with van der Waals surface area (Å²) >= 11 is 0. The minimum Gasteiger partial charge on any atom is -0.462 e. The molecule has 10 heavy (non-hydrogen) atoms.